The first-order valence-electron chi connectivity index (χ1n) is 19.5. The van der Waals surface area contributed by atoms with Crippen LogP contribution in [0.25, 0.3) is 92.1 Å². The number of thiophene rings is 1. The minimum absolute atomic E-state index is 0.628. The molecule has 12 rings (SSSR count). The Labute approximate surface area is 338 Å². The zero-order valence-corrected chi connectivity index (χ0v) is 32.0. The lowest BCUT2D eigenvalue weighted by Crippen LogP contribution is -2.09. The van der Waals surface area contributed by atoms with Crippen LogP contribution in [-0.4, -0.2) is 9.55 Å². The van der Waals surface area contributed by atoms with Crippen LogP contribution in [0, 0.1) is 0 Å². The van der Waals surface area contributed by atoms with Gasteiger partial charge in [-0.05, 0) is 108 Å². The normalized spacial score (nSPS) is 11.8. The summed E-state index contributed by atoms with van der Waals surface area (Å²) in [6, 6.07) is 71.6. The molecule has 0 atom stereocenters. The molecule has 0 aliphatic rings. The van der Waals surface area contributed by atoms with Gasteiger partial charge in [0.1, 0.15) is 5.52 Å². The summed E-state index contributed by atoms with van der Waals surface area (Å²) in [6.07, 6.45) is 0. The highest BCUT2D eigenvalue weighted by Crippen LogP contribution is 2.44. The summed E-state index contributed by atoms with van der Waals surface area (Å²) in [5.41, 5.74) is 11.6. The van der Waals surface area contributed by atoms with Gasteiger partial charge in [-0.2, -0.15) is 0 Å². The highest BCUT2D eigenvalue weighted by atomic mass is 32.1. The van der Waals surface area contributed by atoms with Gasteiger partial charge in [0.25, 0.3) is 0 Å². The molecule has 0 bridgehead atoms. The van der Waals surface area contributed by atoms with Gasteiger partial charge in [0.2, 0.25) is 5.89 Å². The van der Waals surface area contributed by atoms with E-state index in [2.05, 4.69) is 179 Å². The molecule has 3 aromatic heterocycles. The highest BCUT2D eigenvalue weighted by molar-refractivity contribution is 7.25. The third-order valence-corrected chi connectivity index (χ3v) is 12.6. The smallest absolute Gasteiger partial charge is 0.227 e. The van der Waals surface area contributed by atoms with Crippen LogP contribution in [-0.2, 0) is 0 Å². The molecular formula is C53H33N3OS. The van der Waals surface area contributed by atoms with Gasteiger partial charge in [-0.1, -0.05) is 109 Å². The second-order valence-electron chi connectivity index (χ2n) is 14.8. The average molecular weight is 760 g/mol. The van der Waals surface area contributed by atoms with Gasteiger partial charge in [0.05, 0.1) is 11.0 Å². The summed E-state index contributed by atoms with van der Waals surface area (Å²) in [5, 5.41) is 7.17. The van der Waals surface area contributed by atoms with E-state index in [1.807, 2.05) is 41.7 Å². The molecule has 0 fully saturated rings. The van der Waals surface area contributed by atoms with Crippen molar-refractivity contribution in [3.63, 3.8) is 0 Å². The number of fused-ring (bicyclic) bond motifs is 9. The summed E-state index contributed by atoms with van der Waals surface area (Å²) in [6.45, 7) is 0. The predicted molar refractivity (Wildman–Crippen MR) is 244 cm³/mol. The summed E-state index contributed by atoms with van der Waals surface area (Å²) in [7, 11) is 0. The summed E-state index contributed by atoms with van der Waals surface area (Å²) in [5.74, 6) is 0.628. The molecule has 0 N–H and O–H groups in total. The molecule has 3 heterocycles. The first kappa shape index (κ1) is 32.7. The van der Waals surface area contributed by atoms with Crippen molar-refractivity contribution in [1.82, 2.24) is 9.55 Å². The Balaban J connectivity index is 1.03. The molecule has 9 aromatic carbocycles. The number of benzene rings is 9. The molecule has 5 heteroatoms. The highest BCUT2D eigenvalue weighted by Gasteiger charge is 2.20. The maximum absolute atomic E-state index is 6.54. The third kappa shape index (κ3) is 5.18. The first-order chi connectivity index (χ1) is 28.7. The topological polar surface area (TPSA) is 34.2 Å². The quantitative estimate of drug-likeness (QED) is 0.169. The Morgan fingerprint density at radius 2 is 1.14 bits per heavy atom. The molecule has 0 aliphatic heterocycles. The van der Waals surface area contributed by atoms with Crippen molar-refractivity contribution < 1.29 is 4.42 Å². The third-order valence-electron chi connectivity index (χ3n) is 11.4. The zero-order valence-electron chi connectivity index (χ0n) is 31.2. The number of nitrogens with zero attached hydrogens (tertiary/aromatic N) is 3. The first-order valence-corrected chi connectivity index (χ1v) is 20.4. The lowest BCUT2D eigenvalue weighted by atomic mass is 9.97. The Bertz CT molecular complexity index is 3510. The fourth-order valence-electron chi connectivity index (χ4n) is 8.75. The van der Waals surface area contributed by atoms with Gasteiger partial charge in [0.15, 0.2) is 5.58 Å². The zero-order chi connectivity index (χ0) is 38.2. The SMILES string of the molecule is c1ccc(-c2nc3ccc4cccc(-c5ccc(N(c6ccc7sc8ccccc8c7c6)c6ccc7c(c6)c6ccccc6n7-c6ccccc6)cc5)c4c3o2)cc1. The molecule has 12 aromatic rings. The summed E-state index contributed by atoms with van der Waals surface area (Å²) in [4.78, 5) is 7.29. The van der Waals surface area contributed by atoms with Crippen molar-refractivity contribution >= 4 is 92.2 Å². The monoisotopic (exact) mass is 759 g/mol. The van der Waals surface area contributed by atoms with E-state index in [-0.39, 0.29) is 0 Å². The average Bonchev–Trinajstić information content (AvgIpc) is 3.99. The number of anilines is 3. The lowest BCUT2D eigenvalue weighted by molar-refractivity contribution is 0.623. The van der Waals surface area contributed by atoms with Crippen LogP contribution >= 0.6 is 11.3 Å². The van der Waals surface area contributed by atoms with Crippen molar-refractivity contribution in [3.8, 4) is 28.3 Å². The van der Waals surface area contributed by atoms with Crippen LogP contribution < -0.4 is 4.90 Å². The van der Waals surface area contributed by atoms with Crippen LogP contribution in [0.1, 0.15) is 0 Å². The van der Waals surface area contributed by atoms with Crippen LogP contribution in [0.3, 0.4) is 0 Å². The van der Waals surface area contributed by atoms with E-state index < -0.39 is 0 Å². The number of para-hydroxylation sites is 2. The molecule has 0 amide bonds. The minimum Gasteiger partial charge on any atom is -0.435 e. The molecule has 0 radical (unpaired) electrons. The van der Waals surface area contributed by atoms with Gasteiger partial charge < -0.3 is 13.9 Å². The lowest BCUT2D eigenvalue weighted by Gasteiger charge is -2.26. The van der Waals surface area contributed by atoms with E-state index in [1.54, 1.807) is 0 Å². The number of rotatable bonds is 6. The molecule has 0 unspecified atom stereocenters. The maximum Gasteiger partial charge on any atom is 0.227 e. The number of hydrogen-bond acceptors (Lipinski definition) is 4. The number of aromatic nitrogens is 2. The Morgan fingerprint density at radius 3 is 1.98 bits per heavy atom. The van der Waals surface area contributed by atoms with Crippen molar-refractivity contribution in [2.24, 2.45) is 0 Å². The van der Waals surface area contributed by atoms with Crippen molar-refractivity contribution in [2.45, 2.75) is 0 Å². The van der Waals surface area contributed by atoms with Crippen LogP contribution in [0.15, 0.2) is 205 Å². The van der Waals surface area contributed by atoms with E-state index >= 15 is 0 Å². The van der Waals surface area contributed by atoms with Crippen molar-refractivity contribution in [2.75, 3.05) is 4.90 Å². The second-order valence-corrected chi connectivity index (χ2v) is 15.8. The van der Waals surface area contributed by atoms with E-state index in [0.29, 0.717) is 5.89 Å². The predicted octanol–water partition coefficient (Wildman–Crippen LogP) is 15.2. The van der Waals surface area contributed by atoms with Gasteiger partial charge in [-0.3, -0.25) is 0 Å². The maximum atomic E-state index is 6.54. The van der Waals surface area contributed by atoms with E-state index in [1.165, 1.54) is 42.0 Å². The molecule has 0 spiro atoms. The second kappa shape index (κ2) is 13.1. The van der Waals surface area contributed by atoms with Gasteiger partial charge in [-0.15, -0.1) is 11.3 Å². The van der Waals surface area contributed by atoms with Crippen molar-refractivity contribution in [1.29, 1.82) is 0 Å². The molecular weight excluding hydrogens is 727 g/mol. The molecule has 0 aliphatic carbocycles. The largest absolute Gasteiger partial charge is 0.435 e. The van der Waals surface area contributed by atoms with Gasteiger partial charge in [-0.25, -0.2) is 4.98 Å². The molecule has 4 nitrogen and oxygen atoms in total. The summed E-state index contributed by atoms with van der Waals surface area (Å²) < 4.78 is 11.5. The Hall–Kier alpha value is -7.47. The van der Waals surface area contributed by atoms with E-state index in [9.17, 15) is 0 Å². The van der Waals surface area contributed by atoms with Crippen LogP contribution in [0.4, 0.5) is 17.1 Å². The molecule has 58 heavy (non-hydrogen) atoms. The molecule has 0 saturated carbocycles. The van der Waals surface area contributed by atoms with Gasteiger partial charge in [0, 0.05) is 64.6 Å². The fraction of sp³-hybridized carbons (Fsp3) is 0. The molecule has 272 valence electrons. The van der Waals surface area contributed by atoms with Crippen LogP contribution in [0.5, 0.6) is 0 Å². The summed E-state index contributed by atoms with van der Waals surface area (Å²) >= 11 is 1.85. The molecule has 0 saturated heterocycles. The fourth-order valence-corrected chi connectivity index (χ4v) is 9.83. The number of oxazole rings is 1. The number of hydrogen-bond donors (Lipinski definition) is 0. The Kier molecular flexibility index (Phi) is 7.37. The minimum atomic E-state index is 0.628. The van der Waals surface area contributed by atoms with Crippen molar-refractivity contribution in [3.05, 3.63) is 200 Å². The van der Waals surface area contributed by atoms with Gasteiger partial charge >= 0.3 is 0 Å². The Morgan fingerprint density at radius 1 is 0.466 bits per heavy atom. The standard InChI is InChI=1S/C53H33N3OS/c1-3-12-36(13-4-1)53-54-46-29-24-35-14-11-19-41(51(35)52(46)57-53)34-22-25-38(26-23-34)55(40-28-31-50-45(33-40)43-18-8-10-21-49(43)58-50)39-27-30-48-44(32-39)42-17-7-9-20-47(42)56(48)37-15-5-2-6-16-37/h1-33H. The van der Waals surface area contributed by atoms with Crippen LogP contribution in [0.2, 0.25) is 0 Å². The van der Waals surface area contributed by atoms with E-state index in [0.717, 1.165) is 61.3 Å². The van der Waals surface area contributed by atoms with E-state index in [4.69, 9.17) is 9.40 Å².